The van der Waals surface area contributed by atoms with Crippen LogP contribution in [0, 0.1) is 5.82 Å². The van der Waals surface area contributed by atoms with E-state index in [0.29, 0.717) is 12.2 Å². The predicted molar refractivity (Wildman–Crippen MR) is 114 cm³/mol. The standard InChI is InChI=1S/C20H16Cl2FN5O3/c1-2-14(27-12-5-3-4-11(6-12)8-28-10-24-9-26-28)15(20(30)31)18(29)16-17(23)13(21)7-25-19(16)22/h3-7,9-10,29H,2,8H2,1H3,(H,30,31). The van der Waals surface area contributed by atoms with Crippen LogP contribution in [0.4, 0.5) is 10.1 Å². The van der Waals surface area contributed by atoms with Gasteiger partial charge < -0.3 is 10.2 Å². The number of nitrogens with zero attached hydrogens (tertiary/aromatic N) is 5. The fraction of sp³-hybridized carbons (Fsp3) is 0.150. The Bertz CT molecular complexity index is 1180. The van der Waals surface area contributed by atoms with Crippen LogP contribution in [0.25, 0.3) is 5.76 Å². The second-order valence-electron chi connectivity index (χ2n) is 6.29. The number of rotatable bonds is 7. The number of aliphatic hydroxyl groups excluding tert-OH is 1. The lowest BCUT2D eigenvalue weighted by Crippen LogP contribution is -2.15. The summed E-state index contributed by atoms with van der Waals surface area (Å²) < 4.78 is 16.1. The first-order chi connectivity index (χ1) is 14.8. The highest BCUT2D eigenvalue weighted by Crippen LogP contribution is 2.31. The number of aliphatic imine (C=N–C) groups is 1. The molecule has 160 valence electrons. The molecule has 0 amide bonds. The lowest BCUT2D eigenvalue weighted by Gasteiger charge is -2.12. The number of hydrogen-bond donors (Lipinski definition) is 2. The lowest BCUT2D eigenvalue weighted by molar-refractivity contribution is -0.132. The van der Waals surface area contributed by atoms with Crippen molar-refractivity contribution in [3.63, 3.8) is 0 Å². The molecule has 0 radical (unpaired) electrons. The van der Waals surface area contributed by atoms with Gasteiger partial charge in [0, 0.05) is 0 Å². The fourth-order valence-corrected chi connectivity index (χ4v) is 3.19. The summed E-state index contributed by atoms with van der Waals surface area (Å²) in [5, 5.41) is 23.5. The number of hydrogen-bond acceptors (Lipinski definition) is 6. The zero-order valence-electron chi connectivity index (χ0n) is 16.1. The summed E-state index contributed by atoms with van der Waals surface area (Å²) in [5.74, 6) is -3.50. The average molecular weight is 464 g/mol. The Morgan fingerprint density at radius 3 is 2.71 bits per heavy atom. The molecule has 0 unspecified atom stereocenters. The minimum absolute atomic E-state index is 0.0124. The third-order valence-electron chi connectivity index (χ3n) is 4.22. The molecule has 0 spiro atoms. The molecule has 0 aliphatic heterocycles. The number of aromatic nitrogens is 4. The van der Waals surface area contributed by atoms with Crippen molar-refractivity contribution in [3.05, 3.63) is 75.8 Å². The van der Waals surface area contributed by atoms with Crippen LogP contribution in [0.3, 0.4) is 0 Å². The van der Waals surface area contributed by atoms with Crippen molar-refractivity contribution in [1.82, 2.24) is 19.7 Å². The van der Waals surface area contributed by atoms with E-state index in [4.69, 9.17) is 23.2 Å². The van der Waals surface area contributed by atoms with Gasteiger partial charge in [-0.25, -0.2) is 23.8 Å². The topological polar surface area (TPSA) is 113 Å². The Morgan fingerprint density at radius 1 is 1.29 bits per heavy atom. The number of carboxylic acid groups (broad SMARTS) is 1. The molecule has 0 fully saturated rings. The minimum Gasteiger partial charge on any atom is -0.506 e. The molecule has 2 heterocycles. The largest absolute Gasteiger partial charge is 0.506 e. The number of aliphatic carboxylic acids is 1. The number of carboxylic acids is 1. The van der Waals surface area contributed by atoms with Crippen LogP contribution in [-0.2, 0) is 11.3 Å². The van der Waals surface area contributed by atoms with Crippen molar-refractivity contribution < 1.29 is 19.4 Å². The van der Waals surface area contributed by atoms with Crippen LogP contribution >= 0.6 is 23.2 Å². The highest BCUT2D eigenvalue weighted by molar-refractivity contribution is 6.34. The van der Waals surface area contributed by atoms with Gasteiger partial charge in [0.15, 0.2) is 5.82 Å². The van der Waals surface area contributed by atoms with Gasteiger partial charge in [0.05, 0.1) is 34.7 Å². The SMILES string of the molecule is CCC(=Nc1cccc(Cn2cncn2)c1)C(C(=O)O)=C(O)c1c(Cl)ncc(Cl)c1F. The summed E-state index contributed by atoms with van der Waals surface area (Å²) in [6.07, 6.45) is 4.07. The van der Waals surface area contributed by atoms with Gasteiger partial charge in [-0.05, 0) is 24.1 Å². The number of halogens is 3. The molecular weight excluding hydrogens is 448 g/mol. The van der Waals surface area contributed by atoms with E-state index in [-0.39, 0.29) is 12.1 Å². The van der Waals surface area contributed by atoms with Gasteiger partial charge >= 0.3 is 5.97 Å². The van der Waals surface area contributed by atoms with Gasteiger partial charge in [-0.3, -0.25) is 4.99 Å². The average Bonchev–Trinajstić information content (AvgIpc) is 3.23. The number of carbonyl (C=O) groups is 1. The molecule has 31 heavy (non-hydrogen) atoms. The summed E-state index contributed by atoms with van der Waals surface area (Å²) in [6.45, 7) is 2.09. The van der Waals surface area contributed by atoms with Crippen molar-refractivity contribution in [2.45, 2.75) is 19.9 Å². The summed E-state index contributed by atoms with van der Waals surface area (Å²) in [7, 11) is 0. The van der Waals surface area contributed by atoms with Gasteiger partial charge in [-0.1, -0.05) is 42.3 Å². The van der Waals surface area contributed by atoms with Crippen LogP contribution in [-0.4, -0.2) is 41.6 Å². The summed E-state index contributed by atoms with van der Waals surface area (Å²) >= 11 is 11.6. The molecule has 1 aromatic carbocycles. The molecule has 2 aromatic heterocycles. The van der Waals surface area contributed by atoms with Crippen LogP contribution in [0.2, 0.25) is 10.2 Å². The molecule has 0 aliphatic carbocycles. The lowest BCUT2D eigenvalue weighted by atomic mass is 10.0. The van der Waals surface area contributed by atoms with E-state index in [2.05, 4.69) is 20.1 Å². The van der Waals surface area contributed by atoms with E-state index in [0.717, 1.165) is 11.8 Å². The summed E-state index contributed by atoms with van der Waals surface area (Å²) in [5.41, 5.74) is 0.0947. The van der Waals surface area contributed by atoms with E-state index >= 15 is 0 Å². The van der Waals surface area contributed by atoms with Gasteiger partial charge in [-0.2, -0.15) is 5.10 Å². The Labute approximate surface area is 186 Å². The van der Waals surface area contributed by atoms with E-state index in [1.165, 1.54) is 6.33 Å². The normalized spacial score (nSPS) is 12.6. The Kier molecular flexibility index (Phi) is 6.98. The smallest absolute Gasteiger partial charge is 0.341 e. The van der Waals surface area contributed by atoms with Crippen molar-refractivity contribution in [2.24, 2.45) is 4.99 Å². The third-order valence-corrected chi connectivity index (χ3v) is 4.77. The highest BCUT2D eigenvalue weighted by atomic mass is 35.5. The monoisotopic (exact) mass is 463 g/mol. The van der Waals surface area contributed by atoms with Crippen molar-refractivity contribution in [1.29, 1.82) is 0 Å². The molecule has 0 saturated carbocycles. The molecule has 0 atom stereocenters. The molecule has 11 heteroatoms. The van der Waals surface area contributed by atoms with E-state index in [1.807, 2.05) is 6.07 Å². The first kappa shape index (κ1) is 22.4. The highest BCUT2D eigenvalue weighted by Gasteiger charge is 2.26. The fourth-order valence-electron chi connectivity index (χ4n) is 2.83. The maximum atomic E-state index is 14.5. The van der Waals surface area contributed by atoms with Crippen LogP contribution in [0.1, 0.15) is 24.5 Å². The minimum atomic E-state index is -1.51. The Balaban J connectivity index is 2.08. The molecule has 3 aromatic rings. The molecule has 2 N–H and O–H groups in total. The second kappa shape index (κ2) is 9.67. The molecule has 3 rings (SSSR count). The van der Waals surface area contributed by atoms with Crippen LogP contribution in [0.15, 0.2) is 53.7 Å². The molecule has 8 nitrogen and oxygen atoms in total. The van der Waals surface area contributed by atoms with Gasteiger partial charge in [0.1, 0.15) is 29.1 Å². The van der Waals surface area contributed by atoms with Crippen molar-refractivity contribution in [2.75, 3.05) is 0 Å². The molecule has 0 aliphatic rings. The van der Waals surface area contributed by atoms with Crippen LogP contribution < -0.4 is 0 Å². The second-order valence-corrected chi connectivity index (χ2v) is 7.05. The maximum Gasteiger partial charge on any atom is 0.341 e. The van der Waals surface area contributed by atoms with E-state index in [1.54, 1.807) is 36.1 Å². The van der Waals surface area contributed by atoms with Crippen molar-refractivity contribution >= 4 is 46.3 Å². The van der Waals surface area contributed by atoms with Gasteiger partial charge in [0.2, 0.25) is 0 Å². The van der Waals surface area contributed by atoms with E-state index in [9.17, 15) is 19.4 Å². The van der Waals surface area contributed by atoms with Gasteiger partial charge in [0.25, 0.3) is 0 Å². The first-order valence-corrected chi connectivity index (χ1v) is 9.73. The zero-order chi connectivity index (χ0) is 22.5. The van der Waals surface area contributed by atoms with Crippen molar-refractivity contribution in [3.8, 4) is 0 Å². The van der Waals surface area contributed by atoms with Gasteiger partial charge in [-0.15, -0.1) is 0 Å². The number of aliphatic hydroxyl groups is 1. The summed E-state index contributed by atoms with van der Waals surface area (Å²) in [4.78, 5) is 23.9. The first-order valence-electron chi connectivity index (χ1n) is 8.97. The quantitative estimate of drug-likeness (QED) is 0.227. The van der Waals surface area contributed by atoms with Crippen LogP contribution in [0.5, 0.6) is 0 Å². The maximum absolute atomic E-state index is 14.5. The molecular formula is C20H16Cl2FN5O3. The summed E-state index contributed by atoms with van der Waals surface area (Å²) in [6, 6.07) is 7.01. The molecule has 0 bridgehead atoms. The van der Waals surface area contributed by atoms with E-state index < -0.39 is 38.9 Å². The molecule has 0 saturated heterocycles. The Hall–Kier alpha value is -3.30. The third kappa shape index (κ3) is 5.07. The zero-order valence-corrected chi connectivity index (χ0v) is 17.6. The number of pyridine rings is 1. The predicted octanol–water partition coefficient (Wildman–Crippen LogP) is 4.70. The Morgan fingerprint density at radius 2 is 2.06 bits per heavy atom. The number of benzene rings is 1.